The van der Waals surface area contributed by atoms with Crippen LogP contribution in [0.5, 0.6) is 5.75 Å². The molecule has 0 fully saturated rings. The number of nitrogens with two attached hydrogens (primary N) is 1. The lowest BCUT2D eigenvalue weighted by Gasteiger charge is -2.14. The number of rotatable bonds is 4. The summed E-state index contributed by atoms with van der Waals surface area (Å²) in [7, 11) is 0. The highest BCUT2D eigenvalue weighted by Crippen LogP contribution is 2.42. The molecule has 160 valence electrons. The van der Waals surface area contributed by atoms with Gasteiger partial charge in [-0.05, 0) is 42.8 Å². The molecular formula is C21H15ClF3N3O3. The van der Waals surface area contributed by atoms with Gasteiger partial charge in [-0.15, -0.1) is 13.2 Å². The minimum absolute atomic E-state index is 0.147. The summed E-state index contributed by atoms with van der Waals surface area (Å²) in [5, 5.41) is 4.38. The van der Waals surface area contributed by atoms with Crippen LogP contribution in [0, 0.1) is 6.92 Å². The van der Waals surface area contributed by atoms with Gasteiger partial charge in [0, 0.05) is 11.1 Å². The van der Waals surface area contributed by atoms with Crippen LogP contribution in [0.3, 0.4) is 0 Å². The Morgan fingerprint density at radius 2 is 1.90 bits per heavy atom. The van der Waals surface area contributed by atoms with Crippen LogP contribution in [-0.2, 0) is 4.79 Å². The zero-order chi connectivity index (χ0) is 22.3. The summed E-state index contributed by atoms with van der Waals surface area (Å²) in [6.07, 6.45) is -4.95. The number of hydrogen-bond acceptors (Lipinski definition) is 5. The molecule has 0 saturated heterocycles. The molecule has 0 radical (unpaired) electrons. The van der Waals surface area contributed by atoms with Gasteiger partial charge in [-0.2, -0.15) is 0 Å². The molecule has 2 aromatic carbocycles. The Kier molecular flexibility index (Phi) is 5.22. The second-order valence-electron chi connectivity index (χ2n) is 6.91. The average molecular weight is 450 g/mol. The average Bonchev–Trinajstić information content (AvgIpc) is 2.99. The lowest BCUT2D eigenvalue weighted by Crippen LogP contribution is -2.17. The molecule has 0 saturated carbocycles. The van der Waals surface area contributed by atoms with E-state index in [9.17, 15) is 18.0 Å². The molecule has 1 aromatic heterocycles. The summed E-state index contributed by atoms with van der Waals surface area (Å²) in [5.74, 6) is -0.601. The van der Waals surface area contributed by atoms with Gasteiger partial charge >= 0.3 is 6.36 Å². The highest BCUT2D eigenvalue weighted by atomic mass is 35.5. The Labute approximate surface area is 179 Å². The summed E-state index contributed by atoms with van der Waals surface area (Å²) < 4.78 is 46.9. The highest BCUT2D eigenvalue weighted by Gasteiger charge is 2.33. The Morgan fingerprint density at radius 3 is 2.55 bits per heavy atom. The van der Waals surface area contributed by atoms with Gasteiger partial charge in [-0.25, -0.2) is 0 Å². The van der Waals surface area contributed by atoms with Gasteiger partial charge in [0.25, 0.3) is 0 Å². The largest absolute Gasteiger partial charge is 0.573 e. The van der Waals surface area contributed by atoms with Gasteiger partial charge in [0.2, 0.25) is 5.91 Å². The fourth-order valence-electron chi connectivity index (χ4n) is 3.56. The molecular weight excluding hydrogens is 435 g/mol. The first-order chi connectivity index (χ1) is 14.6. The standard InChI is InChI=1S/C21H15ClF3N3O3/c1-10-17-13-3-2-4-14(22)18(13)19(27-15(9-16(26)29)20(17)31-28-10)11-5-7-12(8-6-11)30-21(23,24)25/h2-8,15H,9H2,1H3,(H2,26,29)/t15-/m0/s1. The van der Waals surface area contributed by atoms with Crippen LogP contribution in [-0.4, -0.2) is 23.1 Å². The monoisotopic (exact) mass is 449 g/mol. The lowest BCUT2D eigenvalue weighted by atomic mass is 9.92. The molecule has 6 nitrogen and oxygen atoms in total. The molecule has 0 unspecified atom stereocenters. The molecule has 3 aromatic rings. The number of nitrogens with zero attached hydrogens (tertiary/aromatic N) is 2. The Bertz CT molecular complexity index is 1190. The summed E-state index contributed by atoms with van der Waals surface area (Å²) >= 11 is 6.52. The maximum Gasteiger partial charge on any atom is 0.573 e. The van der Waals surface area contributed by atoms with E-state index in [1.54, 1.807) is 19.1 Å². The number of halogens is 4. The van der Waals surface area contributed by atoms with E-state index in [1.165, 1.54) is 24.3 Å². The van der Waals surface area contributed by atoms with Crippen molar-refractivity contribution in [2.45, 2.75) is 25.7 Å². The van der Waals surface area contributed by atoms with E-state index in [0.717, 1.165) is 0 Å². The predicted molar refractivity (Wildman–Crippen MR) is 107 cm³/mol. The zero-order valence-corrected chi connectivity index (χ0v) is 16.8. The maximum absolute atomic E-state index is 12.5. The van der Waals surface area contributed by atoms with Crippen molar-refractivity contribution in [1.29, 1.82) is 0 Å². The summed E-state index contributed by atoms with van der Waals surface area (Å²) in [6, 6.07) is 9.70. The van der Waals surface area contributed by atoms with E-state index in [0.29, 0.717) is 44.4 Å². The van der Waals surface area contributed by atoms with E-state index in [-0.39, 0.29) is 12.2 Å². The third-order valence-electron chi connectivity index (χ3n) is 4.75. The number of amides is 1. The molecule has 31 heavy (non-hydrogen) atoms. The number of aliphatic imine (C=N–C) groups is 1. The van der Waals surface area contributed by atoms with E-state index >= 15 is 0 Å². The molecule has 4 rings (SSSR count). The molecule has 2 N–H and O–H groups in total. The first-order valence-corrected chi connectivity index (χ1v) is 9.49. The number of hydrogen-bond donors (Lipinski definition) is 1. The van der Waals surface area contributed by atoms with Crippen molar-refractivity contribution < 1.29 is 27.2 Å². The molecule has 1 amide bonds. The van der Waals surface area contributed by atoms with Gasteiger partial charge in [-0.3, -0.25) is 9.79 Å². The quantitative estimate of drug-likeness (QED) is 0.608. The molecule has 1 atom stereocenters. The Hall–Kier alpha value is -3.33. The van der Waals surface area contributed by atoms with Crippen LogP contribution < -0.4 is 10.5 Å². The van der Waals surface area contributed by atoms with Crippen LogP contribution >= 0.6 is 11.6 Å². The molecule has 1 aliphatic rings. The number of aryl methyl sites for hydroxylation is 1. The second-order valence-corrected chi connectivity index (χ2v) is 7.31. The summed E-state index contributed by atoms with van der Waals surface area (Å²) in [5.41, 5.74) is 8.75. The number of carbonyl (C=O) groups is 1. The van der Waals surface area contributed by atoms with Gasteiger partial charge in [0.05, 0.1) is 28.4 Å². The zero-order valence-electron chi connectivity index (χ0n) is 16.0. The third-order valence-corrected chi connectivity index (χ3v) is 5.07. The van der Waals surface area contributed by atoms with E-state index in [1.807, 2.05) is 6.07 Å². The number of benzene rings is 2. The topological polar surface area (TPSA) is 90.7 Å². The minimum atomic E-state index is -4.80. The number of carbonyl (C=O) groups excluding carboxylic acids is 1. The first-order valence-electron chi connectivity index (χ1n) is 9.11. The van der Waals surface area contributed by atoms with Crippen molar-refractivity contribution >= 4 is 23.2 Å². The summed E-state index contributed by atoms with van der Waals surface area (Å²) in [4.78, 5) is 16.4. The first kappa shape index (κ1) is 20.9. The van der Waals surface area contributed by atoms with Crippen molar-refractivity contribution in [3.05, 3.63) is 70.1 Å². The Balaban J connectivity index is 1.90. The SMILES string of the molecule is Cc1noc2c1-c1cccc(Cl)c1C(c1ccc(OC(F)(F)F)cc1)=N[C@H]2CC(N)=O. The number of fused-ring (bicyclic) bond motifs is 3. The van der Waals surface area contributed by atoms with Crippen molar-refractivity contribution in [3.8, 4) is 16.9 Å². The van der Waals surface area contributed by atoms with Crippen LogP contribution in [0.2, 0.25) is 5.02 Å². The van der Waals surface area contributed by atoms with Crippen molar-refractivity contribution in [1.82, 2.24) is 5.16 Å². The molecule has 0 aliphatic carbocycles. The predicted octanol–water partition coefficient (Wildman–Crippen LogP) is 4.97. The van der Waals surface area contributed by atoms with E-state index < -0.39 is 18.3 Å². The highest BCUT2D eigenvalue weighted by molar-refractivity contribution is 6.36. The number of alkyl halides is 3. The fraction of sp³-hybridized carbons (Fsp3) is 0.190. The van der Waals surface area contributed by atoms with Crippen LogP contribution in [0.1, 0.15) is 35.0 Å². The van der Waals surface area contributed by atoms with Gasteiger partial charge in [0.1, 0.15) is 11.8 Å². The maximum atomic E-state index is 12.5. The van der Waals surface area contributed by atoms with Crippen LogP contribution in [0.25, 0.3) is 11.1 Å². The fourth-order valence-corrected chi connectivity index (χ4v) is 3.82. The van der Waals surface area contributed by atoms with Gasteiger partial charge < -0.3 is 15.0 Å². The van der Waals surface area contributed by atoms with E-state index in [2.05, 4.69) is 14.9 Å². The Morgan fingerprint density at radius 1 is 1.19 bits per heavy atom. The van der Waals surface area contributed by atoms with Crippen molar-refractivity contribution in [3.63, 3.8) is 0 Å². The van der Waals surface area contributed by atoms with Gasteiger partial charge in [0.15, 0.2) is 5.76 Å². The molecule has 0 spiro atoms. The van der Waals surface area contributed by atoms with Gasteiger partial charge in [-0.1, -0.05) is 28.9 Å². The summed E-state index contributed by atoms with van der Waals surface area (Å²) in [6.45, 7) is 1.75. The lowest BCUT2D eigenvalue weighted by molar-refractivity contribution is -0.274. The number of ether oxygens (including phenoxy) is 1. The van der Waals surface area contributed by atoms with Crippen molar-refractivity contribution in [2.24, 2.45) is 10.7 Å². The minimum Gasteiger partial charge on any atom is -0.406 e. The van der Waals surface area contributed by atoms with Crippen LogP contribution in [0.15, 0.2) is 52.0 Å². The van der Waals surface area contributed by atoms with Crippen molar-refractivity contribution in [2.75, 3.05) is 0 Å². The number of primary amides is 1. The number of aromatic nitrogens is 1. The van der Waals surface area contributed by atoms with E-state index in [4.69, 9.17) is 21.9 Å². The second kappa shape index (κ2) is 7.73. The molecule has 1 aliphatic heterocycles. The smallest absolute Gasteiger partial charge is 0.406 e. The molecule has 10 heteroatoms. The normalized spacial score (nSPS) is 15.5. The van der Waals surface area contributed by atoms with Crippen LogP contribution in [0.4, 0.5) is 13.2 Å². The third kappa shape index (κ3) is 4.13. The molecule has 2 heterocycles. The molecule has 0 bridgehead atoms.